The van der Waals surface area contributed by atoms with Crippen LogP contribution in [0.25, 0.3) is 0 Å². The summed E-state index contributed by atoms with van der Waals surface area (Å²) in [6, 6.07) is 26.3. The zero-order valence-electron chi connectivity index (χ0n) is 11.5. The van der Waals surface area contributed by atoms with E-state index >= 15 is 0 Å². The van der Waals surface area contributed by atoms with E-state index < -0.39 is 21.8 Å². The van der Waals surface area contributed by atoms with Crippen molar-refractivity contribution in [3.05, 3.63) is 86.2 Å². The number of benzene rings is 3. The summed E-state index contributed by atoms with van der Waals surface area (Å²) in [6.07, 6.45) is 0. The quantitative estimate of drug-likeness (QED) is 0.359. The van der Waals surface area contributed by atoms with Gasteiger partial charge in [0.2, 0.25) is 0 Å². The van der Waals surface area contributed by atoms with Crippen molar-refractivity contribution in [2.45, 2.75) is 0 Å². The molecule has 3 aromatic rings. The molecular weight excluding hydrogens is 665 g/mol. The second kappa shape index (κ2) is 7.70. The molecule has 0 N–H and O–H groups in total. The molecule has 0 atom stereocenters. The van der Waals surface area contributed by atoms with Crippen LogP contribution >= 0.6 is 47.8 Å². The molecule has 0 unspecified atom stereocenters. The van der Waals surface area contributed by atoms with Gasteiger partial charge in [-0.1, -0.05) is 0 Å². The molecule has 0 saturated carbocycles. The molecule has 0 saturated heterocycles. The van der Waals surface area contributed by atoms with Crippen LogP contribution in [0.5, 0.6) is 0 Å². The van der Waals surface area contributed by atoms with Gasteiger partial charge in [-0.3, -0.25) is 0 Å². The topological polar surface area (TPSA) is 0 Å². The van der Waals surface area contributed by atoms with Crippen LogP contribution in [0.1, 0.15) is 0 Å². The van der Waals surface area contributed by atoms with Crippen molar-refractivity contribution in [1.82, 2.24) is 0 Å². The Balaban J connectivity index is 2.18. The van der Waals surface area contributed by atoms with Gasteiger partial charge in [-0.15, -0.1) is 0 Å². The molecule has 0 aliphatic carbocycles. The van der Waals surface area contributed by atoms with Gasteiger partial charge in [0.25, 0.3) is 0 Å². The maximum atomic E-state index is 3.62. The zero-order valence-corrected chi connectivity index (χ0v) is 19.7. The molecule has 0 spiro atoms. The molecule has 0 aromatic heterocycles. The van der Waals surface area contributed by atoms with Crippen LogP contribution in [0.4, 0.5) is 0 Å². The summed E-state index contributed by atoms with van der Waals surface area (Å²) in [4.78, 5) is 0. The first kappa shape index (κ1) is 16.8. The molecule has 0 amide bonds. The van der Waals surface area contributed by atoms with Gasteiger partial charge in [0, 0.05) is 0 Å². The van der Waals surface area contributed by atoms with Crippen LogP contribution in [0.3, 0.4) is 0 Å². The maximum absolute atomic E-state index is 3.62. The SMILES string of the molecule is Brc1ccc[c]([Bi]([c]2cccc(Br)c2)[c]2cccc(Br)c2)c1. The molecular formula is C18H12BiBr3. The fourth-order valence-electron chi connectivity index (χ4n) is 2.29. The van der Waals surface area contributed by atoms with Gasteiger partial charge in [0.1, 0.15) is 0 Å². The summed E-state index contributed by atoms with van der Waals surface area (Å²) in [5.74, 6) is 0. The molecule has 110 valence electrons. The van der Waals surface area contributed by atoms with Crippen molar-refractivity contribution in [2.24, 2.45) is 0 Å². The summed E-state index contributed by atoms with van der Waals surface area (Å²) in [7, 11) is 0. The third-order valence-corrected chi connectivity index (χ3v) is 13.9. The van der Waals surface area contributed by atoms with E-state index in [0.717, 1.165) is 13.4 Å². The van der Waals surface area contributed by atoms with E-state index in [1.165, 1.54) is 9.81 Å². The molecule has 0 fully saturated rings. The summed E-state index contributed by atoms with van der Waals surface area (Å²) >= 11 is 8.59. The molecule has 0 nitrogen and oxygen atoms in total. The first-order valence-electron chi connectivity index (χ1n) is 6.70. The number of rotatable bonds is 3. The third-order valence-electron chi connectivity index (χ3n) is 3.20. The predicted molar refractivity (Wildman–Crippen MR) is 107 cm³/mol. The summed E-state index contributed by atoms with van der Waals surface area (Å²) in [6.45, 7) is 0. The number of hydrogen-bond donors (Lipinski definition) is 0. The van der Waals surface area contributed by atoms with Gasteiger partial charge in [-0.25, -0.2) is 0 Å². The minimum absolute atomic E-state index is 1.15. The van der Waals surface area contributed by atoms with Gasteiger partial charge in [0.15, 0.2) is 0 Å². The van der Waals surface area contributed by atoms with Crippen molar-refractivity contribution in [3.8, 4) is 0 Å². The van der Waals surface area contributed by atoms with Gasteiger partial charge in [-0.2, -0.15) is 0 Å². The average Bonchev–Trinajstić information content (AvgIpc) is 2.48. The molecule has 22 heavy (non-hydrogen) atoms. The van der Waals surface area contributed by atoms with Crippen LogP contribution < -0.4 is 9.81 Å². The first-order chi connectivity index (χ1) is 10.6. The fraction of sp³-hybridized carbons (Fsp3) is 0. The molecule has 0 radical (unpaired) electrons. The van der Waals surface area contributed by atoms with Gasteiger partial charge in [-0.05, 0) is 0 Å². The van der Waals surface area contributed by atoms with E-state index in [1.54, 1.807) is 0 Å². The summed E-state index contributed by atoms with van der Waals surface area (Å²) < 4.78 is 7.86. The van der Waals surface area contributed by atoms with E-state index in [2.05, 4.69) is 121 Å². The molecule has 0 heterocycles. The normalized spacial score (nSPS) is 10.9. The van der Waals surface area contributed by atoms with Crippen LogP contribution in [0.15, 0.2) is 86.2 Å². The average molecular weight is 677 g/mol. The molecule has 4 heteroatoms. The predicted octanol–water partition coefficient (Wildman–Crippen LogP) is 4.49. The van der Waals surface area contributed by atoms with E-state index in [1.807, 2.05) is 0 Å². The van der Waals surface area contributed by atoms with Crippen molar-refractivity contribution in [1.29, 1.82) is 0 Å². The van der Waals surface area contributed by atoms with Gasteiger partial charge >= 0.3 is 166 Å². The minimum atomic E-state index is -2.27. The Morgan fingerprint density at radius 3 is 1.09 bits per heavy atom. The van der Waals surface area contributed by atoms with Crippen molar-refractivity contribution >= 4 is 79.4 Å². The monoisotopic (exact) mass is 674 g/mol. The van der Waals surface area contributed by atoms with Crippen molar-refractivity contribution in [2.75, 3.05) is 0 Å². The third kappa shape index (κ3) is 4.09. The molecule has 0 aliphatic heterocycles. The van der Waals surface area contributed by atoms with E-state index in [9.17, 15) is 0 Å². The van der Waals surface area contributed by atoms with Gasteiger partial charge in [0.05, 0.1) is 0 Å². The van der Waals surface area contributed by atoms with E-state index in [0.29, 0.717) is 0 Å². The van der Waals surface area contributed by atoms with Crippen molar-refractivity contribution in [3.63, 3.8) is 0 Å². The van der Waals surface area contributed by atoms with E-state index in [4.69, 9.17) is 0 Å². The fourth-order valence-corrected chi connectivity index (χ4v) is 15.0. The molecule has 0 aliphatic rings. The Labute approximate surface area is 164 Å². The standard InChI is InChI=1S/3C6H4Br.Bi/c3*7-6-4-2-1-3-5-6;/h3*1-2,4-5H;. The molecule has 3 rings (SSSR count). The Morgan fingerprint density at radius 1 is 0.500 bits per heavy atom. The number of halogens is 3. The first-order valence-corrected chi connectivity index (χ1v) is 14.3. The molecule has 0 bridgehead atoms. The van der Waals surface area contributed by atoms with Gasteiger partial charge < -0.3 is 0 Å². The van der Waals surface area contributed by atoms with Crippen LogP contribution in [-0.2, 0) is 0 Å². The Kier molecular flexibility index (Phi) is 5.89. The number of hydrogen-bond acceptors (Lipinski definition) is 0. The second-order valence-corrected chi connectivity index (χ2v) is 16.2. The Bertz CT molecular complexity index is 693. The summed E-state index contributed by atoms with van der Waals surface area (Å²) in [5, 5.41) is 0. The van der Waals surface area contributed by atoms with Crippen LogP contribution in [-0.4, -0.2) is 21.8 Å². The van der Waals surface area contributed by atoms with E-state index in [-0.39, 0.29) is 0 Å². The van der Waals surface area contributed by atoms with Crippen LogP contribution in [0.2, 0.25) is 0 Å². The Hall–Kier alpha value is -0.0169. The Morgan fingerprint density at radius 2 is 0.818 bits per heavy atom. The second-order valence-electron chi connectivity index (χ2n) is 4.78. The van der Waals surface area contributed by atoms with Crippen molar-refractivity contribution < 1.29 is 0 Å². The molecule has 3 aromatic carbocycles. The van der Waals surface area contributed by atoms with Crippen LogP contribution in [0, 0.1) is 0 Å². The summed E-state index contributed by atoms with van der Waals surface area (Å²) in [5.41, 5.74) is 0. The zero-order chi connectivity index (χ0) is 15.5.